The van der Waals surface area contributed by atoms with E-state index in [4.69, 9.17) is 10.7 Å². The second-order valence-electron chi connectivity index (χ2n) is 5.20. The number of rotatable bonds is 5. The zero-order valence-electron chi connectivity index (χ0n) is 12.1. The number of nitrogens with zero attached hydrogens (tertiary/aromatic N) is 2. The fourth-order valence-electron chi connectivity index (χ4n) is 2.32. The van der Waals surface area contributed by atoms with E-state index in [2.05, 4.69) is 43.2 Å². The monoisotopic (exact) mass is 257 g/mol. The van der Waals surface area contributed by atoms with Crippen LogP contribution in [0.3, 0.4) is 0 Å². The van der Waals surface area contributed by atoms with Crippen LogP contribution in [0.15, 0.2) is 30.4 Å². The molecule has 0 fully saturated rings. The molecule has 1 aromatic heterocycles. The van der Waals surface area contributed by atoms with Gasteiger partial charge in [-0.15, -0.1) is 0 Å². The highest BCUT2D eigenvalue weighted by Crippen LogP contribution is 2.23. The summed E-state index contributed by atoms with van der Waals surface area (Å²) in [6.45, 7) is 11.1. The summed E-state index contributed by atoms with van der Waals surface area (Å²) in [6.07, 6.45) is 1.92. The minimum Gasteiger partial charge on any atom is -0.323 e. The van der Waals surface area contributed by atoms with E-state index in [9.17, 15) is 0 Å². The van der Waals surface area contributed by atoms with Crippen LogP contribution < -0.4 is 5.73 Å². The molecule has 3 nitrogen and oxygen atoms in total. The Kier molecular flexibility index (Phi) is 4.05. The van der Waals surface area contributed by atoms with Gasteiger partial charge in [0, 0.05) is 6.54 Å². The van der Waals surface area contributed by atoms with E-state index in [0.29, 0.717) is 0 Å². The molecule has 0 radical (unpaired) electrons. The molecule has 0 aliphatic heterocycles. The zero-order valence-corrected chi connectivity index (χ0v) is 12.1. The first-order chi connectivity index (χ1) is 9.06. The van der Waals surface area contributed by atoms with Crippen LogP contribution in [0, 0.1) is 0 Å². The van der Waals surface area contributed by atoms with Crippen molar-refractivity contribution in [2.75, 3.05) is 0 Å². The van der Waals surface area contributed by atoms with E-state index < -0.39 is 0 Å². The summed E-state index contributed by atoms with van der Waals surface area (Å²) in [5.74, 6) is 0.966. The van der Waals surface area contributed by atoms with Gasteiger partial charge in [0.1, 0.15) is 5.82 Å². The molecule has 0 saturated heterocycles. The molecule has 3 heteroatoms. The van der Waals surface area contributed by atoms with Gasteiger partial charge in [-0.1, -0.05) is 32.1 Å². The fraction of sp³-hybridized carbons (Fsp3) is 0.438. The third-order valence-electron chi connectivity index (χ3n) is 3.45. The lowest BCUT2D eigenvalue weighted by atomic mass is 10.1. The quantitative estimate of drug-likeness (QED) is 0.832. The van der Waals surface area contributed by atoms with Crippen LogP contribution in [0.25, 0.3) is 11.0 Å². The number of aromatic nitrogens is 2. The Labute approximate surface area is 115 Å². The lowest BCUT2D eigenvalue weighted by Gasteiger charge is -2.13. The summed E-state index contributed by atoms with van der Waals surface area (Å²) in [5.41, 5.74) is 10.8. The summed E-state index contributed by atoms with van der Waals surface area (Å²) in [7, 11) is 0. The fourth-order valence-corrected chi connectivity index (χ4v) is 2.32. The Morgan fingerprint density at radius 3 is 2.74 bits per heavy atom. The maximum Gasteiger partial charge on any atom is 0.127 e. The molecule has 2 aromatic rings. The van der Waals surface area contributed by atoms with Crippen LogP contribution in [-0.4, -0.2) is 9.55 Å². The maximum atomic E-state index is 6.19. The van der Waals surface area contributed by atoms with Crippen LogP contribution >= 0.6 is 0 Å². The Balaban J connectivity index is 2.61. The number of hydrogen-bond acceptors (Lipinski definition) is 2. The molecule has 0 spiro atoms. The number of benzene rings is 1. The van der Waals surface area contributed by atoms with Gasteiger partial charge in [0.15, 0.2) is 0 Å². The highest BCUT2D eigenvalue weighted by molar-refractivity contribution is 5.77. The van der Waals surface area contributed by atoms with Crippen molar-refractivity contribution < 1.29 is 0 Å². The molecule has 1 unspecified atom stereocenters. The molecule has 2 rings (SSSR count). The Morgan fingerprint density at radius 1 is 1.42 bits per heavy atom. The molecule has 1 aromatic carbocycles. The molecule has 102 valence electrons. The minimum atomic E-state index is -0.0168. The van der Waals surface area contributed by atoms with Gasteiger partial charge in [0.05, 0.1) is 17.1 Å². The summed E-state index contributed by atoms with van der Waals surface area (Å²) >= 11 is 0. The lowest BCUT2D eigenvalue weighted by Crippen LogP contribution is -2.16. The molecular formula is C16H23N3. The summed E-state index contributed by atoms with van der Waals surface area (Å²) in [4.78, 5) is 4.74. The van der Waals surface area contributed by atoms with Crippen molar-refractivity contribution in [2.24, 2.45) is 5.73 Å². The van der Waals surface area contributed by atoms with Crippen LogP contribution in [0.5, 0.6) is 0 Å². The van der Waals surface area contributed by atoms with E-state index >= 15 is 0 Å². The molecule has 1 atom stereocenters. The van der Waals surface area contributed by atoms with Gasteiger partial charge in [-0.3, -0.25) is 0 Å². The highest BCUT2D eigenvalue weighted by atomic mass is 15.1. The van der Waals surface area contributed by atoms with Crippen molar-refractivity contribution in [3.63, 3.8) is 0 Å². The normalized spacial score (nSPS) is 12.8. The standard InChI is InChI=1S/C16H23N3/c1-5-12-7-8-15-14(9-12)18-16(13(17)6-2)19(15)10-11(3)4/h7-9,13H,3,5-6,10,17H2,1-2,4H3. The third-order valence-corrected chi connectivity index (χ3v) is 3.45. The van der Waals surface area contributed by atoms with Gasteiger partial charge < -0.3 is 10.3 Å². The molecule has 0 amide bonds. The van der Waals surface area contributed by atoms with Crippen molar-refractivity contribution in [3.05, 3.63) is 41.7 Å². The van der Waals surface area contributed by atoms with E-state index in [1.54, 1.807) is 0 Å². The van der Waals surface area contributed by atoms with Crippen molar-refractivity contribution >= 4 is 11.0 Å². The third kappa shape index (κ3) is 2.71. The van der Waals surface area contributed by atoms with Crippen molar-refractivity contribution in [1.82, 2.24) is 9.55 Å². The summed E-state index contributed by atoms with van der Waals surface area (Å²) in [6, 6.07) is 6.46. The number of aryl methyl sites for hydroxylation is 1. The van der Waals surface area contributed by atoms with Gasteiger partial charge in [-0.25, -0.2) is 4.98 Å². The average molecular weight is 257 g/mol. The van der Waals surface area contributed by atoms with Crippen molar-refractivity contribution in [3.8, 4) is 0 Å². The number of hydrogen-bond donors (Lipinski definition) is 1. The predicted octanol–water partition coefficient (Wildman–Crippen LogP) is 3.58. The van der Waals surface area contributed by atoms with E-state index in [1.165, 1.54) is 5.56 Å². The first-order valence-corrected chi connectivity index (χ1v) is 6.95. The number of imidazole rings is 1. The topological polar surface area (TPSA) is 43.8 Å². The first kappa shape index (κ1) is 13.8. The zero-order chi connectivity index (χ0) is 14.0. The number of fused-ring (bicyclic) bond motifs is 1. The highest BCUT2D eigenvalue weighted by Gasteiger charge is 2.15. The summed E-state index contributed by atoms with van der Waals surface area (Å²) in [5, 5.41) is 0. The molecule has 0 aliphatic rings. The smallest absolute Gasteiger partial charge is 0.127 e. The van der Waals surface area contributed by atoms with Gasteiger partial charge >= 0.3 is 0 Å². The summed E-state index contributed by atoms with van der Waals surface area (Å²) < 4.78 is 2.20. The molecule has 0 aliphatic carbocycles. The SMILES string of the molecule is C=C(C)Cn1c(C(N)CC)nc2cc(CC)ccc21. The van der Waals surface area contributed by atoms with Gasteiger partial charge in [0.25, 0.3) is 0 Å². The number of nitrogens with two attached hydrogens (primary N) is 1. The molecular weight excluding hydrogens is 234 g/mol. The predicted molar refractivity (Wildman–Crippen MR) is 81.1 cm³/mol. The van der Waals surface area contributed by atoms with Crippen LogP contribution in [0.2, 0.25) is 0 Å². The molecule has 0 bridgehead atoms. The van der Waals surface area contributed by atoms with Crippen LogP contribution in [-0.2, 0) is 13.0 Å². The maximum absolute atomic E-state index is 6.19. The Hall–Kier alpha value is -1.61. The van der Waals surface area contributed by atoms with Crippen molar-refractivity contribution in [2.45, 2.75) is 46.2 Å². The largest absolute Gasteiger partial charge is 0.323 e. The van der Waals surface area contributed by atoms with Crippen molar-refractivity contribution in [1.29, 1.82) is 0 Å². The average Bonchev–Trinajstić information content (AvgIpc) is 2.75. The Bertz CT molecular complexity index is 595. The second-order valence-corrected chi connectivity index (χ2v) is 5.20. The molecule has 19 heavy (non-hydrogen) atoms. The van der Waals surface area contributed by atoms with E-state index in [-0.39, 0.29) is 6.04 Å². The minimum absolute atomic E-state index is 0.0168. The first-order valence-electron chi connectivity index (χ1n) is 6.95. The van der Waals surface area contributed by atoms with Gasteiger partial charge in [0.2, 0.25) is 0 Å². The Morgan fingerprint density at radius 2 is 2.16 bits per heavy atom. The number of allylic oxidation sites excluding steroid dienone is 1. The van der Waals surface area contributed by atoms with E-state index in [1.807, 2.05) is 6.92 Å². The van der Waals surface area contributed by atoms with Gasteiger partial charge in [-0.2, -0.15) is 0 Å². The van der Waals surface area contributed by atoms with E-state index in [0.717, 1.165) is 41.8 Å². The van der Waals surface area contributed by atoms with Crippen LogP contribution in [0.4, 0.5) is 0 Å². The second kappa shape index (κ2) is 5.57. The van der Waals surface area contributed by atoms with Gasteiger partial charge in [-0.05, 0) is 37.5 Å². The van der Waals surface area contributed by atoms with Crippen LogP contribution in [0.1, 0.15) is 44.6 Å². The molecule has 1 heterocycles. The molecule has 0 saturated carbocycles. The lowest BCUT2D eigenvalue weighted by molar-refractivity contribution is 0.603. The molecule has 2 N–H and O–H groups in total.